The SMILES string of the molecule is [2H]C([2H])(NC(N)=O)C([2H])([2H])C([2H])([2H])C([2H])([2H])NC(=O)NCCOCCN1CC[C@H](NS(=O)(=O)c2ccc(O[C@H]3c4cc(Cl)cc(C#N)c4C[C@@H]3N3CCN[C@H](C)C3)cc2)C1. The topological polar surface area (TPSA) is 203 Å². The number of halogens is 1. The Balaban J connectivity index is 1.06. The van der Waals surface area contributed by atoms with Crippen LogP contribution in [0.2, 0.25) is 5.02 Å². The van der Waals surface area contributed by atoms with E-state index >= 15 is 0 Å². The van der Waals surface area contributed by atoms with Crippen molar-refractivity contribution in [2.45, 2.75) is 61.6 Å². The van der Waals surface area contributed by atoms with Crippen molar-refractivity contribution in [3.05, 3.63) is 58.1 Å². The maximum absolute atomic E-state index is 13.4. The Kier molecular flexibility index (Phi) is 10.8. The molecule has 2 saturated heterocycles. The number of hydrogen-bond acceptors (Lipinski definition) is 10. The molecular formula is C35H50ClN9O6S. The number of urea groups is 2. The Bertz CT molecular complexity index is 2030. The summed E-state index contributed by atoms with van der Waals surface area (Å²) in [4.78, 5) is 27.8. The normalized spacial score (nSPS) is 25.4. The van der Waals surface area contributed by atoms with Gasteiger partial charge in [-0.2, -0.15) is 5.26 Å². The summed E-state index contributed by atoms with van der Waals surface area (Å²) in [5, 5.41) is 19.1. The van der Waals surface area contributed by atoms with Crippen molar-refractivity contribution in [3.63, 3.8) is 0 Å². The molecule has 1 aliphatic carbocycles. The maximum atomic E-state index is 13.4. The van der Waals surface area contributed by atoms with Gasteiger partial charge >= 0.3 is 12.1 Å². The maximum Gasteiger partial charge on any atom is 0.314 e. The number of nitrogens with one attached hydrogen (secondary N) is 5. The predicted molar refractivity (Wildman–Crippen MR) is 197 cm³/mol. The number of nitrogens with two attached hydrogens (primary N) is 1. The molecule has 4 amide bonds. The molecule has 4 atom stereocenters. The van der Waals surface area contributed by atoms with E-state index in [2.05, 4.69) is 33.2 Å². The Morgan fingerprint density at radius 3 is 2.62 bits per heavy atom. The molecule has 52 heavy (non-hydrogen) atoms. The van der Waals surface area contributed by atoms with Crippen LogP contribution in [-0.2, 0) is 21.2 Å². The zero-order valence-corrected chi connectivity index (χ0v) is 30.3. The van der Waals surface area contributed by atoms with Crippen LogP contribution < -0.4 is 36.5 Å². The number of carbonyl (C=O) groups is 2. The first-order valence-corrected chi connectivity index (χ1v) is 18.8. The molecule has 2 aromatic carbocycles. The van der Waals surface area contributed by atoms with Crippen molar-refractivity contribution in [2.24, 2.45) is 5.73 Å². The number of amides is 4. The smallest absolute Gasteiger partial charge is 0.314 e. The van der Waals surface area contributed by atoms with Crippen LogP contribution >= 0.6 is 11.6 Å². The summed E-state index contributed by atoms with van der Waals surface area (Å²) in [6, 6.07) is 9.17. The van der Waals surface area contributed by atoms with Crippen LogP contribution in [0.4, 0.5) is 9.59 Å². The second-order valence-electron chi connectivity index (χ2n) is 12.7. The molecule has 0 bridgehead atoms. The molecule has 7 N–H and O–H groups in total. The summed E-state index contributed by atoms with van der Waals surface area (Å²) in [7, 11) is -3.88. The zero-order valence-electron chi connectivity index (χ0n) is 36.7. The molecule has 2 aromatic rings. The molecule has 284 valence electrons. The van der Waals surface area contributed by atoms with E-state index in [1.807, 2.05) is 11.0 Å². The number of carbonyl (C=O) groups excluding carboxylic acids is 2. The van der Waals surface area contributed by atoms with Crippen molar-refractivity contribution in [1.29, 1.82) is 5.26 Å². The number of ether oxygens (including phenoxy) is 2. The summed E-state index contributed by atoms with van der Waals surface area (Å²) in [5.74, 6) is 0.478. The Morgan fingerprint density at radius 2 is 1.88 bits per heavy atom. The molecular weight excluding hydrogens is 710 g/mol. The number of likely N-dealkylation sites (tertiary alicyclic amines) is 1. The summed E-state index contributed by atoms with van der Waals surface area (Å²) in [6.45, 7) is -0.838. The Morgan fingerprint density at radius 1 is 1.12 bits per heavy atom. The van der Waals surface area contributed by atoms with Gasteiger partial charge in [-0.15, -0.1) is 0 Å². The molecule has 0 radical (unpaired) electrons. The van der Waals surface area contributed by atoms with Crippen LogP contribution in [0.25, 0.3) is 0 Å². The van der Waals surface area contributed by atoms with Crippen molar-refractivity contribution >= 4 is 33.7 Å². The van der Waals surface area contributed by atoms with Crippen LogP contribution in [-0.4, -0.2) is 120 Å². The van der Waals surface area contributed by atoms with Crippen LogP contribution in [0.3, 0.4) is 0 Å². The number of hydrogen-bond donors (Lipinski definition) is 6. The van der Waals surface area contributed by atoms with Crippen LogP contribution in [0.15, 0.2) is 41.3 Å². The lowest BCUT2D eigenvalue weighted by atomic mass is 10.0. The van der Waals surface area contributed by atoms with Crippen molar-refractivity contribution in [1.82, 2.24) is 35.8 Å². The number of nitriles is 1. The summed E-state index contributed by atoms with van der Waals surface area (Å²) < 4.78 is 104. The van der Waals surface area contributed by atoms with E-state index in [0.29, 0.717) is 48.8 Å². The number of fused-ring (bicyclic) bond motifs is 1. The minimum atomic E-state index is -3.88. The van der Waals surface area contributed by atoms with Gasteiger partial charge in [0.05, 0.1) is 35.8 Å². The van der Waals surface area contributed by atoms with Crippen molar-refractivity contribution in [3.8, 4) is 11.8 Å². The first-order valence-electron chi connectivity index (χ1n) is 20.9. The molecule has 3 aliphatic rings. The number of rotatable bonds is 17. The fraction of sp³-hybridized carbons (Fsp3) is 0.571. The quantitative estimate of drug-likeness (QED) is 0.129. The first-order chi connectivity index (χ1) is 28.0. The minimum absolute atomic E-state index is 0.0314. The third-order valence-corrected chi connectivity index (χ3v) is 10.7. The van der Waals surface area contributed by atoms with Gasteiger partial charge in [0.2, 0.25) is 10.0 Å². The van der Waals surface area contributed by atoms with E-state index in [1.54, 1.807) is 23.5 Å². The van der Waals surface area contributed by atoms with Gasteiger partial charge < -0.3 is 36.5 Å². The molecule has 0 saturated carbocycles. The molecule has 5 rings (SSSR count). The second-order valence-corrected chi connectivity index (χ2v) is 14.8. The Labute approximate surface area is 322 Å². The zero-order chi connectivity index (χ0) is 44.3. The molecule has 17 heteroatoms. The highest BCUT2D eigenvalue weighted by Crippen LogP contribution is 2.41. The van der Waals surface area contributed by atoms with E-state index in [4.69, 9.17) is 37.8 Å². The molecule has 2 fully saturated rings. The van der Waals surface area contributed by atoms with E-state index in [0.717, 1.165) is 30.8 Å². The average molecular weight is 768 g/mol. The molecule has 0 aromatic heterocycles. The fourth-order valence-electron chi connectivity index (χ4n) is 6.57. The largest absolute Gasteiger partial charge is 0.484 e. The van der Waals surface area contributed by atoms with Crippen LogP contribution in [0.1, 0.15) is 59.9 Å². The van der Waals surface area contributed by atoms with Crippen LogP contribution in [0, 0.1) is 11.3 Å². The van der Waals surface area contributed by atoms with Crippen molar-refractivity contribution in [2.75, 3.05) is 72.0 Å². The minimum Gasteiger partial charge on any atom is -0.484 e. The summed E-state index contributed by atoms with van der Waals surface area (Å²) >= 11 is 6.42. The molecule has 0 unspecified atom stereocenters. The molecule has 2 aliphatic heterocycles. The number of piperazine rings is 1. The van der Waals surface area contributed by atoms with Gasteiger partial charge in [-0.25, -0.2) is 22.7 Å². The van der Waals surface area contributed by atoms with Gasteiger partial charge in [-0.1, -0.05) is 11.6 Å². The van der Waals surface area contributed by atoms with E-state index in [1.165, 1.54) is 17.4 Å². The van der Waals surface area contributed by atoms with Gasteiger partial charge in [0.25, 0.3) is 0 Å². The average Bonchev–Trinajstić information content (AvgIpc) is 3.75. The summed E-state index contributed by atoms with van der Waals surface area (Å²) in [5.41, 5.74) is 7.11. The highest BCUT2D eigenvalue weighted by Gasteiger charge is 2.41. The monoisotopic (exact) mass is 767 g/mol. The highest BCUT2D eigenvalue weighted by atomic mass is 35.5. The number of benzene rings is 2. The van der Waals surface area contributed by atoms with E-state index in [9.17, 15) is 23.3 Å². The van der Waals surface area contributed by atoms with Gasteiger partial charge in [-0.3, -0.25) is 9.80 Å². The number of nitrogens with zero attached hydrogens (tertiary/aromatic N) is 3. The molecule has 0 spiro atoms. The van der Waals surface area contributed by atoms with Gasteiger partial charge in [-0.05, 0) is 86.6 Å². The standard InChI is InChI=1S/C35H50ClN9O6S/c1-24-22-45(14-11-39-24)32-20-30-25(21-37)18-26(36)19-31(30)33(32)51-28-4-6-29(7-5-28)52(48,49)43-27-8-13-44(23-27)15-17-50-16-12-42-35(47)41-10-3-2-9-40-34(38)46/h4-7,18-19,24,27,32-33,39,43H,2-3,8-17,20,22-23H2,1H3,(H3,38,40,46)(H2,41,42,47)/t24-,27+,32+,33+/m1/s1/i2D2,3D2,9D2,10D2. The van der Waals surface area contributed by atoms with E-state index in [-0.39, 0.29) is 42.8 Å². The third kappa shape index (κ3) is 11.2. The Hall–Kier alpha value is -3.69. The number of sulfonamides is 1. The second kappa shape index (κ2) is 18.9. The van der Waals surface area contributed by atoms with Crippen LogP contribution in [0.5, 0.6) is 5.75 Å². The van der Waals surface area contributed by atoms with Gasteiger partial charge in [0.15, 0.2) is 0 Å². The third-order valence-electron chi connectivity index (χ3n) is 8.93. The predicted octanol–water partition coefficient (Wildman–Crippen LogP) is 1.67. The van der Waals surface area contributed by atoms with E-state index < -0.39 is 53.9 Å². The lowest BCUT2D eigenvalue weighted by Gasteiger charge is -2.38. The van der Waals surface area contributed by atoms with Crippen molar-refractivity contribution < 1.29 is 38.4 Å². The first kappa shape index (κ1) is 29.7. The molecule has 15 nitrogen and oxygen atoms in total. The lowest BCUT2D eigenvalue weighted by Crippen LogP contribution is -2.54. The summed E-state index contributed by atoms with van der Waals surface area (Å²) in [6.07, 6.45) is -6.63. The van der Waals surface area contributed by atoms with Gasteiger partial charge in [0.1, 0.15) is 11.9 Å². The molecule has 2 heterocycles. The van der Waals surface area contributed by atoms with Gasteiger partial charge in [0, 0.05) is 80.3 Å². The highest BCUT2D eigenvalue weighted by molar-refractivity contribution is 7.89. The fourth-order valence-corrected chi connectivity index (χ4v) is 8.06. The number of primary amides is 1. The lowest BCUT2D eigenvalue weighted by molar-refractivity contribution is 0.0595.